The Morgan fingerprint density at radius 2 is 0.557 bits per heavy atom. The molecule has 3 aliphatic rings. The molecule has 2 fully saturated rings. The molecular formula is C82H86O15. The van der Waals surface area contributed by atoms with Gasteiger partial charge in [-0.1, -0.05) is 255 Å². The van der Waals surface area contributed by atoms with Gasteiger partial charge in [-0.25, -0.2) is 0 Å². The van der Waals surface area contributed by atoms with Crippen LogP contribution in [0.3, 0.4) is 0 Å². The predicted molar refractivity (Wildman–Crippen MR) is 366 cm³/mol. The molecule has 0 spiro atoms. The van der Waals surface area contributed by atoms with Crippen molar-refractivity contribution in [1.29, 1.82) is 0 Å². The van der Waals surface area contributed by atoms with Crippen LogP contribution in [-0.2, 0) is 126 Å². The lowest BCUT2D eigenvalue weighted by molar-refractivity contribution is -0.384. The molecule has 0 aliphatic carbocycles. The lowest BCUT2D eigenvalue weighted by Crippen LogP contribution is -2.67. The number of hydrogen-bond acceptors (Lipinski definition) is 15. The quantitative estimate of drug-likeness (QED) is 0.0372. The summed E-state index contributed by atoms with van der Waals surface area (Å²) in [6.45, 7) is 2.29. The highest BCUT2D eigenvalue weighted by atomic mass is 16.8. The molecule has 0 unspecified atom stereocenters. The van der Waals surface area contributed by atoms with Gasteiger partial charge in [0.25, 0.3) is 0 Å². The Labute approximate surface area is 569 Å². The molecule has 15 heteroatoms. The van der Waals surface area contributed by atoms with E-state index in [1.54, 1.807) is 13.4 Å². The first-order chi connectivity index (χ1) is 48.0. The van der Waals surface area contributed by atoms with E-state index in [0.29, 0.717) is 13.2 Å². The molecule has 0 amide bonds. The van der Waals surface area contributed by atoms with Crippen molar-refractivity contribution >= 4 is 0 Å². The largest absolute Gasteiger partial charge is 0.497 e. The predicted octanol–water partition coefficient (Wildman–Crippen LogP) is 14.3. The Morgan fingerprint density at radius 1 is 0.268 bits per heavy atom. The molecule has 504 valence electrons. The van der Waals surface area contributed by atoms with Crippen molar-refractivity contribution < 1.29 is 71.1 Å². The Morgan fingerprint density at radius 3 is 0.928 bits per heavy atom. The molecule has 97 heavy (non-hydrogen) atoms. The molecule has 9 aromatic rings. The maximum atomic E-state index is 7.81. The summed E-state index contributed by atoms with van der Waals surface area (Å²) in [7, 11) is 1.65. The minimum Gasteiger partial charge on any atom is -0.497 e. The SMILES string of the molecule is COc1ccc(CO[C@H]2[C@@H](OCc3ccccc3)[C@@H](COCc3ccccc3)O[C@H](O[C@@H]3[C@H](OCc4ccccc4)[C@@H](OCc4ccccc4)[C@H](O[C@H]4[C@H](OCc5ccccc5)C=CO[C@@H]4COCc4ccccc4)O[C@@H]3COCc3ccccc3)[C@@H]2OCc2ccccc2)cc1. The molecule has 0 aromatic heterocycles. The van der Waals surface area contributed by atoms with E-state index in [0.717, 1.165) is 55.8 Å². The highest BCUT2D eigenvalue weighted by molar-refractivity contribution is 5.27. The lowest BCUT2D eigenvalue weighted by atomic mass is 9.95. The van der Waals surface area contributed by atoms with E-state index in [1.807, 2.05) is 273 Å². The van der Waals surface area contributed by atoms with Crippen LogP contribution in [0.5, 0.6) is 5.75 Å². The van der Waals surface area contributed by atoms with E-state index in [4.69, 9.17) is 71.1 Å². The Bertz CT molecular complexity index is 3640. The minimum atomic E-state index is -1.22. The minimum absolute atomic E-state index is 0.000722. The fraction of sp³-hybridized carbons (Fsp3) is 0.317. The number of methoxy groups -OCH3 is 1. The Balaban J connectivity index is 0.958. The van der Waals surface area contributed by atoms with E-state index in [1.165, 1.54) is 0 Å². The smallest absolute Gasteiger partial charge is 0.187 e. The Kier molecular flexibility index (Phi) is 26.2. The summed E-state index contributed by atoms with van der Waals surface area (Å²) in [5.41, 5.74) is 8.58. The van der Waals surface area contributed by atoms with Crippen LogP contribution in [0.25, 0.3) is 0 Å². The van der Waals surface area contributed by atoms with Crippen LogP contribution in [-0.4, -0.2) is 107 Å². The van der Waals surface area contributed by atoms with Crippen LogP contribution < -0.4 is 4.74 Å². The van der Waals surface area contributed by atoms with E-state index in [2.05, 4.69) is 0 Å². The van der Waals surface area contributed by atoms with E-state index in [-0.39, 0.29) is 66.1 Å². The van der Waals surface area contributed by atoms with Crippen molar-refractivity contribution in [2.75, 3.05) is 26.9 Å². The van der Waals surface area contributed by atoms with Crippen LogP contribution in [0, 0.1) is 0 Å². The number of hydrogen-bond donors (Lipinski definition) is 0. The van der Waals surface area contributed by atoms with E-state index in [9.17, 15) is 0 Å². The average Bonchev–Trinajstić information content (AvgIpc) is 0.777. The number of ether oxygens (including phenoxy) is 15. The van der Waals surface area contributed by atoms with Gasteiger partial charge in [-0.05, 0) is 68.3 Å². The number of benzene rings is 9. The third-order valence-corrected chi connectivity index (χ3v) is 17.2. The summed E-state index contributed by atoms with van der Waals surface area (Å²) in [6.07, 6.45) is -8.40. The number of rotatable bonds is 35. The third-order valence-electron chi connectivity index (χ3n) is 17.2. The van der Waals surface area contributed by atoms with Gasteiger partial charge in [0.2, 0.25) is 0 Å². The average molecular weight is 1310 g/mol. The molecular weight excluding hydrogens is 1220 g/mol. The second-order valence-corrected chi connectivity index (χ2v) is 24.2. The maximum Gasteiger partial charge on any atom is 0.187 e. The van der Waals surface area contributed by atoms with Gasteiger partial charge in [0.05, 0.1) is 92.7 Å². The van der Waals surface area contributed by atoms with Gasteiger partial charge in [0, 0.05) is 0 Å². The zero-order chi connectivity index (χ0) is 65.9. The van der Waals surface area contributed by atoms with Crippen molar-refractivity contribution in [3.8, 4) is 5.75 Å². The van der Waals surface area contributed by atoms with Crippen LogP contribution in [0.15, 0.2) is 279 Å². The van der Waals surface area contributed by atoms with Gasteiger partial charge in [-0.2, -0.15) is 0 Å². The highest BCUT2D eigenvalue weighted by Crippen LogP contribution is 2.39. The van der Waals surface area contributed by atoms with Gasteiger partial charge in [-0.3, -0.25) is 0 Å². The van der Waals surface area contributed by atoms with Crippen LogP contribution >= 0.6 is 0 Å². The molecule has 2 saturated heterocycles. The normalized spacial score (nSPS) is 23.9. The monoisotopic (exact) mass is 1310 g/mol. The topological polar surface area (TPSA) is 138 Å². The summed E-state index contributed by atoms with van der Waals surface area (Å²) in [4.78, 5) is 0. The first-order valence-electron chi connectivity index (χ1n) is 33.4. The van der Waals surface area contributed by atoms with Crippen LogP contribution in [0.2, 0.25) is 0 Å². The zero-order valence-corrected chi connectivity index (χ0v) is 54.7. The van der Waals surface area contributed by atoms with Gasteiger partial charge < -0.3 is 71.1 Å². The van der Waals surface area contributed by atoms with Crippen LogP contribution in [0.4, 0.5) is 0 Å². The van der Waals surface area contributed by atoms with Crippen LogP contribution in [0.1, 0.15) is 50.1 Å². The summed E-state index contributed by atoms with van der Waals surface area (Å²) >= 11 is 0. The second kappa shape index (κ2) is 37.0. The standard InChI is InChI=1S/C82H86O15/c1-83-69-44-42-68(43-45-69)56-90-77-75(89-52-64-34-18-6-19-35-64)72(58-85-49-61-28-12-3-13-29-61)94-82(79(77)92-54-66-38-22-8-23-39-66)97-76-73(59-86-50-62-30-14-4-15-31-62)95-81(80(93-55-67-40-24-9-25-41-67)78(76)91-53-65-36-20-7-21-37-65)96-74-70(88-51-63-32-16-5-17-33-63)46-47-87-71(74)57-84-48-60-26-10-2-11-27-60/h2-47,70-82H,48-59H2,1H3/t70-,71-,72-,73-,74+,75+,76+,77+,78+,79-,80-,81+,82-/m1/s1. The summed E-state index contributed by atoms with van der Waals surface area (Å²) in [5.74, 6) is 0.722. The van der Waals surface area contributed by atoms with E-state index >= 15 is 0 Å². The maximum absolute atomic E-state index is 7.81. The van der Waals surface area contributed by atoms with Gasteiger partial charge >= 0.3 is 0 Å². The molecule has 9 aromatic carbocycles. The summed E-state index contributed by atoms with van der Waals surface area (Å²) < 4.78 is 106. The Hall–Kier alpha value is -8.20. The van der Waals surface area contributed by atoms with Crippen molar-refractivity contribution in [2.24, 2.45) is 0 Å². The molecule has 13 atom stereocenters. The molecule has 15 nitrogen and oxygen atoms in total. The lowest BCUT2D eigenvalue weighted by Gasteiger charge is -2.51. The fourth-order valence-electron chi connectivity index (χ4n) is 12.1. The first kappa shape index (κ1) is 68.7. The summed E-state index contributed by atoms with van der Waals surface area (Å²) in [6, 6.07) is 88.1. The molecule has 12 rings (SSSR count). The van der Waals surface area contributed by atoms with Crippen molar-refractivity contribution in [2.45, 2.75) is 139 Å². The molecule has 0 bridgehead atoms. The molecule has 0 saturated carbocycles. The van der Waals surface area contributed by atoms with Gasteiger partial charge in [0.1, 0.15) is 66.8 Å². The first-order valence-corrected chi connectivity index (χ1v) is 33.4. The molecule has 3 aliphatic heterocycles. The molecule has 3 heterocycles. The van der Waals surface area contributed by atoms with Gasteiger partial charge in [0.15, 0.2) is 18.7 Å². The zero-order valence-electron chi connectivity index (χ0n) is 54.7. The van der Waals surface area contributed by atoms with Gasteiger partial charge in [-0.15, -0.1) is 0 Å². The fourth-order valence-corrected chi connectivity index (χ4v) is 12.1. The highest BCUT2D eigenvalue weighted by Gasteiger charge is 2.56. The van der Waals surface area contributed by atoms with Crippen molar-refractivity contribution in [3.63, 3.8) is 0 Å². The third kappa shape index (κ3) is 20.4. The van der Waals surface area contributed by atoms with E-state index < -0.39 is 79.7 Å². The van der Waals surface area contributed by atoms with Crippen molar-refractivity contribution in [1.82, 2.24) is 0 Å². The molecule has 0 radical (unpaired) electrons. The molecule has 0 N–H and O–H groups in total. The second-order valence-electron chi connectivity index (χ2n) is 24.2. The summed E-state index contributed by atoms with van der Waals surface area (Å²) in [5, 5.41) is 0. The van der Waals surface area contributed by atoms with Crippen molar-refractivity contribution in [3.05, 3.63) is 329 Å².